The van der Waals surface area contributed by atoms with Crippen molar-refractivity contribution in [1.82, 2.24) is 0 Å². The highest BCUT2D eigenvalue weighted by Crippen LogP contribution is 2.40. The number of fused-ring (bicyclic) bond motifs is 4. The van der Waals surface area contributed by atoms with Crippen LogP contribution in [-0.4, -0.2) is 5.71 Å². The van der Waals surface area contributed by atoms with Crippen molar-refractivity contribution in [2.45, 2.75) is 0 Å². The smallest absolute Gasteiger partial charge is 0.102 e. The molecule has 162 valence electrons. The first-order valence-electron chi connectivity index (χ1n) is 11.3. The first-order chi connectivity index (χ1) is 17.3. The van der Waals surface area contributed by atoms with Gasteiger partial charge in [0, 0.05) is 21.9 Å². The lowest BCUT2D eigenvalue weighted by Crippen LogP contribution is -2.06. The van der Waals surface area contributed by atoms with Crippen molar-refractivity contribution in [1.29, 1.82) is 10.5 Å². The van der Waals surface area contributed by atoms with Crippen molar-refractivity contribution in [2.24, 2.45) is 4.99 Å². The summed E-state index contributed by atoms with van der Waals surface area (Å²) in [4.78, 5) is 5.13. The highest BCUT2D eigenvalue weighted by Gasteiger charge is 2.29. The van der Waals surface area contributed by atoms with Crippen molar-refractivity contribution in [3.63, 3.8) is 0 Å². The molecule has 0 atom stereocenters. The van der Waals surface area contributed by atoms with E-state index in [1.165, 1.54) is 0 Å². The number of allylic oxidation sites excluding steroid dienone is 2. The fraction of sp³-hybridized carbons (Fsp3) is 0. The summed E-state index contributed by atoms with van der Waals surface area (Å²) in [5.41, 5.74) is 5.38. The minimum atomic E-state index is 0.390. The summed E-state index contributed by atoms with van der Waals surface area (Å²) in [7, 11) is 0. The molecule has 0 fully saturated rings. The van der Waals surface area contributed by atoms with E-state index >= 15 is 0 Å². The van der Waals surface area contributed by atoms with Crippen LogP contribution in [0.1, 0.15) is 16.7 Å². The molecular weight excluding hydrogens is 428 g/mol. The first-order valence-corrected chi connectivity index (χ1v) is 11.3. The van der Waals surface area contributed by atoms with Gasteiger partial charge in [-0.1, -0.05) is 84.9 Å². The molecule has 0 aliphatic carbocycles. The normalized spacial score (nSPS) is 14.9. The van der Waals surface area contributed by atoms with Gasteiger partial charge in [0.25, 0.3) is 0 Å². The average Bonchev–Trinajstić information content (AvgIpc) is 3.28. The lowest BCUT2D eigenvalue weighted by Gasteiger charge is -2.09. The molecule has 1 N–H and O–H groups in total. The molecule has 0 aromatic heterocycles. The molecule has 4 nitrogen and oxygen atoms in total. The predicted molar refractivity (Wildman–Crippen MR) is 141 cm³/mol. The lowest BCUT2D eigenvalue weighted by molar-refractivity contribution is 1.44. The molecule has 5 aromatic carbocycles. The molecule has 5 aromatic rings. The highest BCUT2D eigenvalue weighted by molar-refractivity contribution is 6.29. The number of benzene rings is 5. The third-order valence-corrected chi connectivity index (χ3v) is 6.35. The van der Waals surface area contributed by atoms with E-state index < -0.39 is 0 Å². The van der Waals surface area contributed by atoms with Gasteiger partial charge in [-0.25, -0.2) is 4.99 Å². The second kappa shape index (κ2) is 8.30. The van der Waals surface area contributed by atoms with Crippen molar-refractivity contribution in [3.8, 4) is 12.1 Å². The second-order valence-corrected chi connectivity index (χ2v) is 8.31. The molecule has 0 unspecified atom stereocenters. The summed E-state index contributed by atoms with van der Waals surface area (Å²) in [5.74, 6) is 0. The maximum absolute atomic E-state index is 10.3. The molecule has 0 saturated carbocycles. The van der Waals surface area contributed by atoms with Gasteiger partial charge >= 0.3 is 0 Å². The number of aliphatic imine (C=N–C) groups is 1. The summed E-state index contributed by atoms with van der Waals surface area (Å²) < 4.78 is 0. The Kier molecular flexibility index (Phi) is 4.84. The molecule has 1 heterocycles. The van der Waals surface area contributed by atoms with Crippen molar-refractivity contribution >= 4 is 44.2 Å². The summed E-state index contributed by atoms with van der Waals surface area (Å²) >= 11 is 0. The Morgan fingerprint density at radius 3 is 2.17 bits per heavy atom. The maximum atomic E-state index is 10.3. The number of hydrogen-bond donors (Lipinski definition) is 1. The van der Waals surface area contributed by atoms with Crippen molar-refractivity contribution in [2.75, 3.05) is 5.32 Å². The zero-order valence-electron chi connectivity index (χ0n) is 18.7. The van der Waals surface area contributed by atoms with Crippen LogP contribution in [0.15, 0.2) is 114 Å². The summed E-state index contributed by atoms with van der Waals surface area (Å²) in [6.07, 6.45) is 0. The van der Waals surface area contributed by atoms with Crippen LogP contribution in [0, 0.1) is 22.7 Å². The Hall–Kier alpha value is -5.19. The van der Waals surface area contributed by atoms with Crippen LogP contribution in [0.4, 0.5) is 11.4 Å². The van der Waals surface area contributed by atoms with E-state index in [-0.39, 0.29) is 0 Å². The van der Waals surface area contributed by atoms with E-state index in [2.05, 4.69) is 53.9 Å². The minimum Gasteiger partial charge on any atom is -0.352 e. The van der Waals surface area contributed by atoms with E-state index in [0.29, 0.717) is 28.1 Å². The molecule has 35 heavy (non-hydrogen) atoms. The number of hydrogen-bond acceptors (Lipinski definition) is 4. The molecule has 4 heteroatoms. The van der Waals surface area contributed by atoms with E-state index in [4.69, 9.17) is 4.99 Å². The Bertz CT molecular complexity index is 1790. The lowest BCUT2D eigenvalue weighted by atomic mass is 9.96. The fourth-order valence-corrected chi connectivity index (χ4v) is 4.70. The molecule has 0 saturated heterocycles. The standard InChI is InChI=1S/C31H18N4/c32-18-22-10-3-4-12-23(22)27(19-33)31-30(34-28-15-7-11-20-8-1-5-13-24(20)28)26-17-16-21-9-2-6-14-25(21)29(26)35-31/h1-17,35H/b31-27-,34-30?. The van der Waals surface area contributed by atoms with Crippen LogP contribution in [0.25, 0.3) is 27.1 Å². The quantitative estimate of drug-likeness (QED) is 0.288. The van der Waals surface area contributed by atoms with Crippen LogP contribution in [0.5, 0.6) is 0 Å². The SMILES string of the molecule is N#C/C(=C1/Nc2c(ccc3ccccc23)C1=Nc1cccc2ccccc12)c1ccccc1C#N. The van der Waals surface area contributed by atoms with Crippen LogP contribution in [0.3, 0.4) is 0 Å². The number of nitrogens with one attached hydrogen (secondary N) is 1. The van der Waals surface area contributed by atoms with Gasteiger partial charge in [-0.15, -0.1) is 0 Å². The predicted octanol–water partition coefficient (Wildman–Crippen LogP) is 7.35. The topological polar surface area (TPSA) is 72.0 Å². The summed E-state index contributed by atoms with van der Waals surface area (Å²) in [6.45, 7) is 0. The maximum Gasteiger partial charge on any atom is 0.102 e. The van der Waals surface area contributed by atoms with E-state index in [0.717, 1.165) is 38.5 Å². The van der Waals surface area contributed by atoms with Gasteiger partial charge < -0.3 is 5.32 Å². The monoisotopic (exact) mass is 446 g/mol. The van der Waals surface area contributed by atoms with E-state index in [9.17, 15) is 10.5 Å². The number of nitriles is 2. The van der Waals surface area contributed by atoms with Gasteiger partial charge in [0.15, 0.2) is 0 Å². The van der Waals surface area contributed by atoms with E-state index in [1.807, 2.05) is 54.6 Å². The molecule has 1 aliphatic rings. The molecule has 0 amide bonds. The van der Waals surface area contributed by atoms with Crippen molar-refractivity contribution in [3.05, 3.63) is 126 Å². The summed E-state index contributed by atoms with van der Waals surface area (Å²) in [5, 5.41) is 27.8. The second-order valence-electron chi connectivity index (χ2n) is 8.31. The number of nitrogens with zero attached hydrogens (tertiary/aromatic N) is 3. The van der Waals surface area contributed by atoms with E-state index in [1.54, 1.807) is 12.1 Å². The van der Waals surface area contributed by atoms with Gasteiger partial charge in [-0.3, -0.25) is 0 Å². The molecule has 0 bridgehead atoms. The zero-order chi connectivity index (χ0) is 23.8. The minimum absolute atomic E-state index is 0.390. The number of anilines is 1. The zero-order valence-corrected chi connectivity index (χ0v) is 18.7. The third kappa shape index (κ3) is 3.33. The van der Waals surface area contributed by atoms with Crippen LogP contribution in [0.2, 0.25) is 0 Å². The van der Waals surface area contributed by atoms with Crippen LogP contribution < -0.4 is 5.32 Å². The molecule has 0 radical (unpaired) electrons. The Balaban J connectivity index is 1.69. The first kappa shape index (κ1) is 20.4. The van der Waals surface area contributed by atoms with Gasteiger partial charge in [0.1, 0.15) is 6.07 Å². The van der Waals surface area contributed by atoms with Crippen molar-refractivity contribution < 1.29 is 0 Å². The van der Waals surface area contributed by atoms with Gasteiger partial charge in [0.05, 0.1) is 40.0 Å². The Labute approximate surface area is 202 Å². The molecule has 0 spiro atoms. The van der Waals surface area contributed by atoms with Gasteiger partial charge in [-0.05, 0) is 29.0 Å². The number of rotatable bonds is 2. The van der Waals surface area contributed by atoms with Crippen LogP contribution in [-0.2, 0) is 0 Å². The van der Waals surface area contributed by atoms with Gasteiger partial charge in [0.2, 0.25) is 0 Å². The Morgan fingerprint density at radius 2 is 1.37 bits per heavy atom. The molecule has 1 aliphatic heterocycles. The highest BCUT2D eigenvalue weighted by atomic mass is 15.0. The fourth-order valence-electron chi connectivity index (χ4n) is 4.70. The average molecular weight is 447 g/mol. The molecule has 6 rings (SSSR count). The summed E-state index contributed by atoms with van der Waals surface area (Å²) in [6, 6.07) is 38.2. The third-order valence-electron chi connectivity index (χ3n) is 6.35. The molecular formula is C31H18N4. The largest absolute Gasteiger partial charge is 0.352 e. The van der Waals surface area contributed by atoms with Gasteiger partial charge in [-0.2, -0.15) is 10.5 Å². The van der Waals surface area contributed by atoms with Crippen LogP contribution >= 0.6 is 0 Å². The Morgan fingerprint density at radius 1 is 0.686 bits per heavy atom.